The molecule has 1 saturated heterocycles. The molecule has 17 heavy (non-hydrogen) atoms. The van der Waals surface area contributed by atoms with Crippen molar-refractivity contribution in [3.63, 3.8) is 0 Å². The summed E-state index contributed by atoms with van der Waals surface area (Å²) in [5.41, 5.74) is 1.41. The maximum atomic E-state index is 4.43. The van der Waals surface area contributed by atoms with E-state index in [-0.39, 0.29) is 5.54 Å². The van der Waals surface area contributed by atoms with Gasteiger partial charge in [-0.1, -0.05) is 0 Å². The topological polar surface area (TPSA) is 33.1 Å². The predicted molar refractivity (Wildman–Crippen MR) is 71.5 cm³/mol. The Hall–Kier alpha value is -1.03. The number of anilines is 1. The molecule has 0 bridgehead atoms. The number of nitrogens with one attached hydrogen (secondary N) is 1. The van der Waals surface area contributed by atoms with Crippen molar-refractivity contribution in [2.45, 2.75) is 52.2 Å². The summed E-state index contributed by atoms with van der Waals surface area (Å²) < 4.78 is 2.02. The van der Waals surface area contributed by atoms with Crippen LogP contribution in [0.25, 0.3) is 0 Å². The maximum Gasteiger partial charge on any atom is 0.0756 e. The molecule has 1 atom stereocenters. The molecule has 1 unspecified atom stereocenters. The Kier molecular flexibility index (Phi) is 3.17. The van der Waals surface area contributed by atoms with E-state index in [0.29, 0.717) is 12.1 Å². The van der Waals surface area contributed by atoms with E-state index in [1.165, 1.54) is 5.69 Å². The summed E-state index contributed by atoms with van der Waals surface area (Å²) in [6.45, 7) is 13.1. The molecule has 2 heterocycles. The summed E-state index contributed by atoms with van der Waals surface area (Å²) in [5.74, 6) is 0. The third-order valence-corrected chi connectivity index (χ3v) is 3.42. The van der Waals surface area contributed by atoms with Gasteiger partial charge in [-0.3, -0.25) is 4.68 Å². The Morgan fingerprint density at radius 3 is 2.76 bits per heavy atom. The Morgan fingerprint density at radius 2 is 2.18 bits per heavy atom. The first-order valence-electron chi connectivity index (χ1n) is 6.45. The fraction of sp³-hybridized carbons (Fsp3) is 0.769. The lowest BCUT2D eigenvalue weighted by Gasteiger charge is -2.44. The average Bonchev–Trinajstić information content (AvgIpc) is 2.71. The number of hydrogen-bond acceptors (Lipinski definition) is 3. The van der Waals surface area contributed by atoms with Crippen LogP contribution in [0.2, 0.25) is 0 Å². The van der Waals surface area contributed by atoms with E-state index in [4.69, 9.17) is 0 Å². The van der Waals surface area contributed by atoms with Crippen LogP contribution < -0.4 is 10.2 Å². The van der Waals surface area contributed by atoms with E-state index in [9.17, 15) is 0 Å². The smallest absolute Gasteiger partial charge is 0.0756 e. The highest BCUT2D eigenvalue weighted by molar-refractivity contribution is 5.45. The number of piperazine rings is 1. The first-order valence-corrected chi connectivity index (χ1v) is 6.45. The van der Waals surface area contributed by atoms with E-state index in [2.05, 4.69) is 56.1 Å². The highest BCUT2D eigenvalue weighted by atomic mass is 15.3. The van der Waals surface area contributed by atoms with E-state index in [1.54, 1.807) is 0 Å². The monoisotopic (exact) mass is 236 g/mol. The minimum Gasteiger partial charge on any atom is -0.363 e. The Morgan fingerprint density at radius 1 is 1.47 bits per heavy atom. The van der Waals surface area contributed by atoms with Crippen LogP contribution in [0.15, 0.2) is 12.4 Å². The average molecular weight is 236 g/mol. The number of nitrogens with zero attached hydrogens (tertiary/aromatic N) is 3. The maximum absolute atomic E-state index is 4.43. The summed E-state index contributed by atoms with van der Waals surface area (Å²) >= 11 is 0. The molecule has 0 saturated carbocycles. The highest BCUT2D eigenvalue weighted by Gasteiger charge is 2.30. The Labute approximate surface area is 104 Å². The van der Waals surface area contributed by atoms with Crippen LogP contribution in [-0.4, -0.2) is 34.5 Å². The molecular weight excluding hydrogens is 212 g/mol. The second kappa shape index (κ2) is 4.33. The van der Waals surface area contributed by atoms with Gasteiger partial charge in [0.2, 0.25) is 0 Å². The molecule has 1 aliphatic rings. The molecule has 1 aromatic rings. The van der Waals surface area contributed by atoms with Gasteiger partial charge in [0, 0.05) is 36.9 Å². The zero-order chi connectivity index (χ0) is 12.6. The molecule has 0 aromatic carbocycles. The molecule has 1 N–H and O–H groups in total. The van der Waals surface area contributed by atoms with Crippen LogP contribution in [-0.2, 0) is 0 Å². The molecule has 1 aromatic heterocycles. The fourth-order valence-electron chi connectivity index (χ4n) is 2.28. The molecule has 1 fully saturated rings. The summed E-state index contributed by atoms with van der Waals surface area (Å²) in [6, 6.07) is 0.947. The van der Waals surface area contributed by atoms with Gasteiger partial charge in [-0.05, 0) is 34.6 Å². The fourth-order valence-corrected chi connectivity index (χ4v) is 2.28. The van der Waals surface area contributed by atoms with Crippen LogP contribution >= 0.6 is 0 Å². The van der Waals surface area contributed by atoms with Crippen molar-refractivity contribution in [2.75, 3.05) is 18.0 Å². The van der Waals surface area contributed by atoms with Crippen molar-refractivity contribution in [1.29, 1.82) is 0 Å². The zero-order valence-corrected chi connectivity index (χ0v) is 11.6. The second-order valence-electron chi connectivity index (χ2n) is 6.01. The van der Waals surface area contributed by atoms with Crippen molar-refractivity contribution >= 4 is 5.69 Å². The van der Waals surface area contributed by atoms with Crippen LogP contribution in [0.5, 0.6) is 0 Å². The number of rotatable bonds is 2. The van der Waals surface area contributed by atoms with Gasteiger partial charge >= 0.3 is 0 Å². The van der Waals surface area contributed by atoms with Gasteiger partial charge in [0.25, 0.3) is 0 Å². The molecule has 1 aliphatic heterocycles. The first-order chi connectivity index (χ1) is 7.89. The lowest BCUT2D eigenvalue weighted by atomic mass is 9.99. The van der Waals surface area contributed by atoms with Crippen molar-refractivity contribution in [2.24, 2.45) is 0 Å². The lowest BCUT2D eigenvalue weighted by molar-refractivity contribution is 0.318. The van der Waals surface area contributed by atoms with E-state index in [0.717, 1.165) is 13.1 Å². The molecule has 2 rings (SSSR count). The third kappa shape index (κ3) is 2.63. The Bertz CT molecular complexity index is 381. The van der Waals surface area contributed by atoms with Gasteiger partial charge in [-0.15, -0.1) is 0 Å². The van der Waals surface area contributed by atoms with Gasteiger partial charge in [0.15, 0.2) is 0 Å². The molecule has 0 spiro atoms. The first kappa shape index (κ1) is 12.4. The molecule has 0 aliphatic carbocycles. The largest absolute Gasteiger partial charge is 0.363 e. The normalized spacial score (nSPS) is 24.4. The van der Waals surface area contributed by atoms with Crippen molar-refractivity contribution < 1.29 is 0 Å². The van der Waals surface area contributed by atoms with Crippen molar-refractivity contribution in [1.82, 2.24) is 15.1 Å². The number of aromatic nitrogens is 2. The quantitative estimate of drug-likeness (QED) is 0.853. The summed E-state index contributed by atoms with van der Waals surface area (Å²) in [6.07, 6.45) is 4.14. The van der Waals surface area contributed by atoms with Gasteiger partial charge in [-0.2, -0.15) is 5.10 Å². The predicted octanol–water partition coefficient (Wildman–Crippen LogP) is 2.04. The van der Waals surface area contributed by atoms with E-state index < -0.39 is 0 Å². The van der Waals surface area contributed by atoms with Gasteiger partial charge in [-0.25, -0.2) is 0 Å². The van der Waals surface area contributed by atoms with Gasteiger partial charge < -0.3 is 10.2 Å². The van der Waals surface area contributed by atoms with E-state index >= 15 is 0 Å². The molecule has 4 nitrogen and oxygen atoms in total. The standard InChI is InChI=1S/C13H24N4/c1-10(2)17-8-12(7-15-17)16-9-13(4,5)14-6-11(16)3/h7-8,10-11,14H,6,9H2,1-5H3. The summed E-state index contributed by atoms with van der Waals surface area (Å²) in [7, 11) is 0. The van der Waals surface area contributed by atoms with Crippen LogP contribution in [0.1, 0.15) is 40.7 Å². The SMILES string of the molecule is CC1CNC(C)(C)CN1c1cnn(C(C)C)c1. The van der Waals surface area contributed by atoms with Gasteiger partial charge in [0.1, 0.15) is 0 Å². The molecular formula is C13H24N4. The van der Waals surface area contributed by atoms with E-state index in [1.807, 2.05) is 10.9 Å². The second-order valence-corrected chi connectivity index (χ2v) is 6.01. The molecule has 4 heteroatoms. The highest BCUT2D eigenvalue weighted by Crippen LogP contribution is 2.23. The minimum absolute atomic E-state index is 0.173. The van der Waals surface area contributed by atoms with Crippen LogP contribution in [0.4, 0.5) is 5.69 Å². The minimum atomic E-state index is 0.173. The van der Waals surface area contributed by atoms with Crippen LogP contribution in [0.3, 0.4) is 0 Å². The molecule has 0 radical (unpaired) electrons. The van der Waals surface area contributed by atoms with Crippen molar-refractivity contribution in [3.8, 4) is 0 Å². The molecule has 0 amide bonds. The zero-order valence-electron chi connectivity index (χ0n) is 11.6. The van der Waals surface area contributed by atoms with Crippen LogP contribution in [0, 0.1) is 0 Å². The lowest BCUT2D eigenvalue weighted by Crippen LogP contribution is -2.60. The van der Waals surface area contributed by atoms with Gasteiger partial charge in [0.05, 0.1) is 11.9 Å². The summed E-state index contributed by atoms with van der Waals surface area (Å²) in [4.78, 5) is 2.45. The molecule has 96 valence electrons. The van der Waals surface area contributed by atoms with Crippen molar-refractivity contribution in [3.05, 3.63) is 12.4 Å². The Balaban J connectivity index is 2.19. The number of hydrogen-bond donors (Lipinski definition) is 1. The third-order valence-electron chi connectivity index (χ3n) is 3.42. The summed E-state index contributed by atoms with van der Waals surface area (Å²) in [5, 5.41) is 8.00.